The van der Waals surface area contributed by atoms with E-state index in [2.05, 4.69) is 10.2 Å². The minimum atomic E-state index is -0.0198. The summed E-state index contributed by atoms with van der Waals surface area (Å²) in [5, 5.41) is 13.6. The topological polar surface area (TPSA) is 35.5 Å². The van der Waals surface area contributed by atoms with Crippen molar-refractivity contribution in [1.29, 1.82) is 0 Å². The average Bonchev–Trinajstić information content (AvgIpc) is 3.17. The van der Waals surface area contributed by atoms with E-state index in [1.807, 2.05) is 0 Å². The third-order valence-electron chi connectivity index (χ3n) is 4.88. The minimum absolute atomic E-state index is 0.0198. The molecule has 2 aliphatic heterocycles. The lowest BCUT2D eigenvalue weighted by Gasteiger charge is -2.42. The average molecular weight is 238 g/mol. The largest absolute Gasteiger partial charge is 0.393 e. The summed E-state index contributed by atoms with van der Waals surface area (Å²) < 4.78 is 0. The molecule has 0 bridgehead atoms. The number of nitrogens with one attached hydrogen (secondary N) is 1. The molecule has 0 aromatic heterocycles. The Kier molecular flexibility index (Phi) is 3.69. The molecule has 0 unspecified atom stereocenters. The van der Waals surface area contributed by atoms with Crippen molar-refractivity contribution in [2.45, 2.75) is 50.7 Å². The highest BCUT2D eigenvalue weighted by Crippen LogP contribution is 2.38. The maximum Gasteiger partial charge on any atom is 0.0592 e. The Morgan fingerprint density at radius 1 is 1.06 bits per heavy atom. The van der Waals surface area contributed by atoms with Gasteiger partial charge in [-0.3, -0.25) is 4.90 Å². The van der Waals surface area contributed by atoms with Crippen LogP contribution in [0.25, 0.3) is 0 Å². The van der Waals surface area contributed by atoms with Gasteiger partial charge in [0.15, 0.2) is 0 Å². The molecule has 2 atom stereocenters. The molecule has 17 heavy (non-hydrogen) atoms. The fraction of sp³-hybridized carbons (Fsp3) is 1.00. The predicted octanol–water partition coefficient (Wildman–Crippen LogP) is 1.22. The zero-order valence-electron chi connectivity index (χ0n) is 10.8. The number of aliphatic hydroxyl groups excluding tert-OH is 1. The van der Waals surface area contributed by atoms with Crippen LogP contribution < -0.4 is 5.32 Å². The summed E-state index contributed by atoms with van der Waals surface area (Å²) in [6.45, 7) is 4.63. The Labute approximate surface area is 105 Å². The number of rotatable bonds is 3. The van der Waals surface area contributed by atoms with Crippen molar-refractivity contribution in [2.75, 3.05) is 26.2 Å². The van der Waals surface area contributed by atoms with Crippen molar-refractivity contribution in [3.05, 3.63) is 0 Å². The molecular formula is C14H26N2O. The van der Waals surface area contributed by atoms with Gasteiger partial charge in [0, 0.05) is 19.1 Å². The van der Waals surface area contributed by atoms with E-state index in [0.717, 1.165) is 31.5 Å². The highest BCUT2D eigenvalue weighted by molar-refractivity contribution is 4.89. The van der Waals surface area contributed by atoms with E-state index < -0.39 is 0 Å². The van der Waals surface area contributed by atoms with Crippen LogP contribution in [0.4, 0.5) is 0 Å². The molecule has 1 saturated carbocycles. The van der Waals surface area contributed by atoms with E-state index in [1.54, 1.807) is 0 Å². The van der Waals surface area contributed by atoms with Crippen molar-refractivity contribution in [3.63, 3.8) is 0 Å². The smallest absolute Gasteiger partial charge is 0.0592 e. The van der Waals surface area contributed by atoms with Gasteiger partial charge in [-0.05, 0) is 50.6 Å². The summed E-state index contributed by atoms with van der Waals surface area (Å²) in [6, 6.07) is 0.783. The normalized spacial score (nSPS) is 37.2. The van der Waals surface area contributed by atoms with Gasteiger partial charge in [-0.2, -0.15) is 0 Å². The second-order valence-electron chi connectivity index (χ2n) is 6.27. The van der Waals surface area contributed by atoms with Crippen LogP contribution in [0.3, 0.4) is 0 Å². The number of aliphatic hydroxyl groups is 1. The highest BCUT2D eigenvalue weighted by Gasteiger charge is 2.35. The van der Waals surface area contributed by atoms with Crippen LogP contribution in [0.2, 0.25) is 0 Å². The van der Waals surface area contributed by atoms with Gasteiger partial charge < -0.3 is 10.4 Å². The van der Waals surface area contributed by atoms with E-state index in [1.165, 1.54) is 45.2 Å². The van der Waals surface area contributed by atoms with E-state index in [0.29, 0.717) is 5.92 Å². The fourth-order valence-electron chi connectivity index (χ4n) is 3.56. The number of likely N-dealkylation sites (tertiary alicyclic amines) is 1. The molecule has 0 aromatic rings. The molecule has 3 rings (SSSR count). The predicted molar refractivity (Wildman–Crippen MR) is 68.9 cm³/mol. The lowest BCUT2D eigenvalue weighted by atomic mass is 9.88. The second kappa shape index (κ2) is 5.25. The molecule has 0 radical (unpaired) electrons. The Hall–Kier alpha value is -0.120. The first-order valence-corrected chi connectivity index (χ1v) is 7.46. The summed E-state index contributed by atoms with van der Waals surface area (Å²) in [5.74, 6) is 1.51. The van der Waals surface area contributed by atoms with Crippen molar-refractivity contribution in [2.24, 2.45) is 11.8 Å². The molecule has 98 valence electrons. The van der Waals surface area contributed by atoms with Crippen LogP contribution in [0.15, 0.2) is 0 Å². The molecule has 0 aromatic carbocycles. The number of hydrogen-bond acceptors (Lipinski definition) is 3. The van der Waals surface area contributed by atoms with Crippen LogP contribution in [0, 0.1) is 11.8 Å². The quantitative estimate of drug-likeness (QED) is 0.776. The molecule has 1 aliphatic carbocycles. The Morgan fingerprint density at radius 3 is 2.53 bits per heavy atom. The van der Waals surface area contributed by atoms with Crippen molar-refractivity contribution in [1.82, 2.24) is 10.2 Å². The number of hydrogen-bond donors (Lipinski definition) is 2. The van der Waals surface area contributed by atoms with Gasteiger partial charge in [-0.15, -0.1) is 0 Å². The first-order chi connectivity index (χ1) is 8.33. The molecule has 3 aliphatic rings. The standard InChI is InChI=1S/C14H26N2O/c17-14-5-8-16(13-3-6-15-7-4-13)10-12(14)9-11-1-2-11/h11-15,17H,1-10H2/t12-,14+/m1/s1. The van der Waals surface area contributed by atoms with Crippen molar-refractivity contribution in [3.8, 4) is 0 Å². The maximum atomic E-state index is 10.1. The molecule has 0 spiro atoms. The van der Waals surface area contributed by atoms with Crippen LogP contribution in [0.1, 0.15) is 38.5 Å². The van der Waals surface area contributed by atoms with E-state index >= 15 is 0 Å². The Morgan fingerprint density at radius 2 is 1.82 bits per heavy atom. The molecule has 0 amide bonds. The van der Waals surface area contributed by atoms with E-state index in [-0.39, 0.29) is 6.10 Å². The van der Waals surface area contributed by atoms with Gasteiger partial charge in [-0.25, -0.2) is 0 Å². The van der Waals surface area contributed by atoms with Crippen LogP contribution in [-0.4, -0.2) is 48.3 Å². The van der Waals surface area contributed by atoms with Crippen LogP contribution in [0.5, 0.6) is 0 Å². The SMILES string of the molecule is O[C@H]1CCN(C2CCNCC2)C[C@H]1CC1CC1. The number of piperidine rings is 2. The monoisotopic (exact) mass is 238 g/mol. The summed E-state index contributed by atoms with van der Waals surface area (Å²) in [4.78, 5) is 2.67. The zero-order chi connectivity index (χ0) is 11.7. The van der Waals surface area contributed by atoms with Gasteiger partial charge in [0.2, 0.25) is 0 Å². The van der Waals surface area contributed by atoms with Gasteiger partial charge in [-0.1, -0.05) is 12.8 Å². The van der Waals surface area contributed by atoms with Gasteiger partial charge in [0.25, 0.3) is 0 Å². The fourth-order valence-corrected chi connectivity index (χ4v) is 3.56. The van der Waals surface area contributed by atoms with E-state index in [4.69, 9.17) is 0 Å². The van der Waals surface area contributed by atoms with Crippen molar-refractivity contribution < 1.29 is 5.11 Å². The molecular weight excluding hydrogens is 212 g/mol. The second-order valence-corrected chi connectivity index (χ2v) is 6.27. The van der Waals surface area contributed by atoms with Gasteiger partial charge in [0.1, 0.15) is 0 Å². The third kappa shape index (κ3) is 3.01. The zero-order valence-corrected chi connectivity index (χ0v) is 10.8. The Bertz CT molecular complexity index is 249. The highest BCUT2D eigenvalue weighted by atomic mass is 16.3. The summed E-state index contributed by atoms with van der Waals surface area (Å²) in [7, 11) is 0. The summed E-state index contributed by atoms with van der Waals surface area (Å²) in [5.41, 5.74) is 0. The first-order valence-electron chi connectivity index (χ1n) is 7.46. The number of nitrogens with zero attached hydrogens (tertiary/aromatic N) is 1. The summed E-state index contributed by atoms with van der Waals surface area (Å²) >= 11 is 0. The molecule has 3 nitrogen and oxygen atoms in total. The van der Waals surface area contributed by atoms with E-state index in [9.17, 15) is 5.11 Å². The van der Waals surface area contributed by atoms with Gasteiger partial charge >= 0.3 is 0 Å². The minimum Gasteiger partial charge on any atom is -0.393 e. The van der Waals surface area contributed by atoms with Gasteiger partial charge in [0.05, 0.1) is 6.10 Å². The summed E-state index contributed by atoms with van der Waals surface area (Å²) in [6.07, 6.45) is 7.68. The first kappa shape index (κ1) is 11.9. The third-order valence-corrected chi connectivity index (χ3v) is 4.88. The molecule has 2 N–H and O–H groups in total. The van der Waals surface area contributed by atoms with Crippen molar-refractivity contribution >= 4 is 0 Å². The van der Waals surface area contributed by atoms with Crippen LogP contribution in [-0.2, 0) is 0 Å². The van der Waals surface area contributed by atoms with Crippen LogP contribution >= 0.6 is 0 Å². The molecule has 2 heterocycles. The lowest BCUT2D eigenvalue weighted by molar-refractivity contribution is -0.00115. The maximum absolute atomic E-state index is 10.1. The Balaban J connectivity index is 1.54. The molecule has 2 saturated heterocycles. The molecule has 3 fully saturated rings. The molecule has 3 heteroatoms. The lowest BCUT2D eigenvalue weighted by Crippen LogP contribution is -2.51.